The molecule has 0 saturated carbocycles. The molecule has 0 spiro atoms. The Morgan fingerprint density at radius 3 is 2.35 bits per heavy atom. The van der Waals surface area contributed by atoms with Crippen LogP contribution in [0.1, 0.15) is 11.1 Å². The average Bonchev–Trinajstić information content (AvgIpc) is 2.40. The Kier molecular flexibility index (Phi) is 3.99. The molecular weight excluding hydrogens is 276 g/mol. The van der Waals surface area contributed by atoms with Crippen LogP contribution in [0.5, 0.6) is 5.75 Å². The molecule has 0 atom stereocenters. The van der Waals surface area contributed by atoms with Gasteiger partial charge in [-0.15, -0.1) is 0 Å². The summed E-state index contributed by atoms with van der Waals surface area (Å²) in [5, 5.41) is 0. The van der Waals surface area contributed by atoms with Crippen LogP contribution in [0.2, 0.25) is 0 Å². The third-order valence-electron chi connectivity index (χ3n) is 2.46. The van der Waals surface area contributed by atoms with Crippen LogP contribution >= 0.6 is 15.9 Å². The number of ether oxygens (including phenoxy) is 1. The van der Waals surface area contributed by atoms with Crippen LogP contribution < -0.4 is 4.74 Å². The second-order valence-electron chi connectivity index (χ2n) is 3.60. The maximum absolute atomic E-state index is 5.33. The van der Waals surface area contributed by atoms with Crippen molar-refractivity contribution in [1.29, 1.82) is 0 Å². The molecule has 0 unspecified atom stereocenters. The zero-order valence-corrected chi connectivity index (χ0v) is 11.1. The Hall–Kier alpha value is -1.54. The molecule has 86 valence electrons. The van der Waals surface area contributed by atoms with Crippen molar-refractivity contribution in [2.24, 2.45) is 0 Å². The SMILES string of the molecule is COc1ccccc1/C(Br)=C/c1ccccc1. The largest absolute Gasteiger partial charge is 0.496 e. The first-order chi connectivity index (χ1) is 8.31. The predicted molar refractivity (Wildman–Crippen MR) is 76.2 cm³/mol. The van der Waals surface area contributed by atoms with Crippen LogP contribution in [0.25, 0.3) is 10.6 Å². The second kappa shape index (κ2) is 5.69. The highest BCUT2D eigenvalue weighted by Crippen LogP contribution is 2.31. The van der Waals surface area contributed by atoms with E-state index in [1.54, 1.807) is 7.11 Å². The summed E-state index contributed by atoms with van der Waals surface area (Å²) in [6, 6.07) is 18.1. The van der Waals surface area contributed by atoms with Gasteiger partial charge in [-0.05, 0) is 17.7 Å². The lowest BCUT2D eigenvalue weighted by Crippen LogP contribution is -1.87. The molecule has 0 aromatic heterocycles. The molecule has 2 rings (SSSR count). The van der Waals surface area contributed by atoms with E-state index >= 15 is 0 Å². The van der Waals surface area contributed by atoms with Gasteiger partial charge in [-0.25, -0.2) is 0 Å². The van der Waals surface area contributed by atoms with Crippen molar-refractivity contribution in [3.63, 3.8) is 0 Å². The maximum atomic E-state index is 5.33. The minimum atomic E-state index is 0.867. The Bertz CT molecular complexity index is 517. The van der Waals surface area contributed by atoms with Gasteiger partial charge in [0.15, 0.2) is 0 Å². The van der Waals surface area contributed by atoms with E-state index < -0.39 is 0 Å². The summed E-state index contributed by atoms with van der Waals surface area (Å²) >= 11 is 3.60. The molecule has 0 aliphatic rings. The predicted octanol–water partition coefficient (Wildman–Crippen LogP) is 4.59. The van der Waals surface area contributed by atoms with E-state index in [4.69, 9.17) is 4.74 Å². The summed E-state index contributed by atoms with van der Waals surface area (Å²) in [6.07, 6.45) is 2.08. The molecule has 0 aliphatic carbocycles. The molecular formula is C15H13BrO. The van der Waals surface area contributed by atoms with E-state index in [1.165, 1.54) is 0 Å². The van der Waals surface area contributed by atoms with E-state index in [0.717, 1.165) is 21.4 Å². The van der Waals surface area contributed by atoms with Gasteiger partial charge in [0.1, 0.15) is 5.75 Å². The summed E-state index contributed by atoms with van der Waals surface area (Å²) in [6.45, 7) is 0. The van der Waals surface area contributed by atoms with Crippen LogP contribution in [0.15, 0.2) is 54.6 Å². The Balaban J connectivity index is 2.37. The third kappa shape index (κ3) is 2.98. The van der Waals surface area contributed by atoms with E-state index in [9.17, 15) is 0 Å². The van der Waals surface area contributed by atoms with Gasteiger partial charge in [0, 0.05) is 10.0 Å². The van der Waals surface area contributed by atoms with Crippen molar-refractivity contribution >= 4 is 26.5 Å². The standard InChI is InChI=1S/C15H13BrO/c1-17-15-10-6-5-9-13(15)14(16)11-12-7-3-2-4-8-12/h2-11H,1H3/b14-11-. The summed E-state index contributed by atoms with van der Waals surface area (Å²) in [4.78, 5) is 0. The van der Waals surface area contributed by atoms with Crippen LogP contribution in [0, 0.1) is 0 Å². The quantitative estimate of drug-likeness (QED) is 0.751. The van der Waals surface area contributed by atoms with Gasteiger partial charge < -0.3 is 4.74 Å². The van der Waals surface area contributed by atoms with Crippen molar-refractivity contribution in [1.82, 2.24) is 0 Å². The molecule has 0 heterocycles. The molecule has 0 amide bonds. The van der Waals surface area contributed by atoms with E-state index in [1.807, 2.05) is 42.5 Å². The smallest absolute Gasteiger partial charge is 0.127 e. The van der Waals surface area contributed by atoms with E-state index in [-0.39, 0.29) is 0 Å². The second-order valence-corrected chi connectivity index (χ2v) is 4.46. The number of halogens is 1. The highest BCUT2D eigenvalue weighted by molar-refractivity contribution is 9.15. The third-order valence-corrected chi connectivity index (χ3v) is 3.11. The molecule has 17 heavy (non-hydrogen) atoms. The zero-order valence-electron chi connectivity index (χ0n) is 9.56. The molecule has 2 aromatic rings. The van der Waals surface area contributed by atoms with E-state index in [2.05, 4.69) is 34.1 Å². The minimum Gasteiger partial charge on any atom is -0.496 e. The Morgan fingerprint density at radius 1 is 1.00 bits per heavy atom. The van der Waals surface area contributed by atoms with Crippen molar-refractivity contribution in [3.05, 3.63) is 65.7 Å². The topological polar surface area (TPSA) is 9.23 Å². The summed E-state index contributed by atoms with van der Waals surface area (Å²) in [5.41, 5.74) is 2.21. The van der Waals surface area contributed by atoms with Gasteiger partial charge in [0.25, 0.3) is 0 Å². The van der Waals surface area contributed by atoms with Gasteiger partial charge in [0.2, 0.25) is 0 Å². The van der Waals surface area contributed by atoms with Gasteiger partial charge in [-0.2, -0.15) is 0 Å². The minimum absolute atomic E-state index is 0.867. The van der Waals surface area contributed by atoms with Crippen molar-refractivity contribution in [2.45, 2.75) is 0 Å². The lowest BCUT2D eigenvalue weighted by Gasteiger charge is -2.07. The average molecular weight is 289 g/mol. The van der Waals surface area contributed by atoms with Crippen molar-refractivity contribution in [3.8, 4) is 5.75 Å². The number of rotatable bonds is 3. The lowest BCUT2D eigenvalue weighted by molar-refractivity contribution is 0.414. The Morgan fingerprint density at radius 2 is 1.65 bits per heavy atom. The van der Waals surface area contributed by atoms with Crippen LogP contribution in [-0.4, -0.2) is 7.11 Å². The molecule has 0 N–H and O–H groups in total. The van der Waals surface area contributed by atoms with Crippen LogP contribution in [-0.2, 0) is 0 Å². The van der Waals surface area contributed by atoms with E-state index in [0.29, 0.717) is 0 Å². The maximum Gasteiger partial charge on any atom is 0.127 e. The molecule has 0 radical (unpaired) electrons. The van der Waals surface area contributed by atoms with Gasteiger partial charge in [-0.3, -0.25) is 0 Å². The molecule has 1 nitrogen and oxygen atoms in total. The molecule has 2 aromatic carbocycles. The van der Waals surface area contributed by atoms with Crippen LogP contribution in [0.4, 0.5) is 0 Å². The monoisotopic (exact) mass is 288 g/mol. The molecule has 0 fully saturated rings. The molecule has 0 aliphatic heterocycles. The number of hydrogen-bond acceptors (Lipinski definition) is 1. The first kappa shape index (κ1) is 11.9. The number of benzene rings is 2. The normalized spacial score (nSPS) is 11.3. The molecule has 2 heteroatoms. The number of hydrogen-bond donors (Lipinski definition) is 0. The van der Waals surface area contributed by atoms with Crippen LogP contribution in [0.3, 0.4) is 0 Å². The van der Waals surface area contributed by atoms with Crippen molar-refractivity contribution in [2.75, 3.05) is 7.11 Å². The lowest BCUT2D eigenvalue weighted by atomic mass is 10.1. The highest BCUT2D eigenvalue weighted by Gasteiger charge is 2.04. The Labute approximate surface area is 110 Å². The fourth-order valence-corrected chi connectivity index (χ4v) is 2.21. The highest BCUT2D eigenvalue weighted by atomic mass is 79.9. The van der Waals surface area contributed by atoms with Gasteiger partial charge in [0.05, 0.1) is 7.11 Å². The summed E-state index contributed by atoms with van der Waals surface area (Å²) in [5.74, 6) is 0.867. The fraction of sp³-hybridized carbons (Fsp3) is 0.0667. The molecule has 0 bridgehead atoms. The zero-order chi connectivity index (χ0) is 12.1. The first-order valence-corrected chi connectivity index (χ1v) is 6.16. The number of para-hydroxylation sites is 1. The number of methoxy groups -OCH3 is 1. The first-order valence-electron chi connectivity index (χ1n) is 5.37. The summed E-state index contributed by atoms with van der Waals surface area (Å²) < 4.78 is 6.35. The van der Waals surface area contributed by atoms with Gasteiger partial charge >= 0.3 is 0 Å². The molecule has 0 saturated heterocycles. The van der Waals surface area contributed by atoms with Gasteiger partial charge in [-0.1, -0.05) is 64.5 Å². The fourth-order valence-electron chi connectivity index (χ4n) is 1.62. The summed E-state index contributed by atoms with van der Waals surface area (Å²) in [7, 11) is 1.68. The van der Waals surface area contributed by atoms with Crippen molar-refractivity contribution < 1.29 is 4.74 Å².